The van der Waals surface area contributed by atoms with Crippen LogP contribution in [0.15, 0.2) is 67.0 Å². The van der Waals surface area contributed by atoms with Gasteiger partial charge < -0.3 is 19.5 Å². The van der Waals surface area contributed by atoms with Crippen molar-refractivity contribution < 1.29 is 4.74 Å². The molecule has 2 aliphatic rings. The van der Waals surface area contributed by atoms with Gasteiger partial charge in [-0.25, -0.2) is 0 Å². The summed E-state index contributed by atoms with van der Waals surface area (Å²) < 4.78 is 7.90. The van der Waals surface area contributed by atoms with Crippen LogP contribution in [-0.4, -0.2) is 32.2 Å². The number of pyridine rings is 1. The number of nitrogens with one attached hydrogen (secondary N) is 1. The lowest BCUT2D eigenvalue weighted by Crippen LogP contribution is -2.38. The van der Waals surface area contributed by atoms with Gasteiger partial charge in [-0.15, -0.1) is 0 Å². The van der Waals surface area contributed by atoms with Crippen molar-refractivity contribution in [1.82, 2.24) is 19.8 Å². The molecule has 0 bridgehead atoms. The van der Waals surface area contributed by atoms with Crippen LogP contribution in [0.25, 0.3) is 5.69 Å². The van der Waals surface area contributed by atoms with E-state index in [0.717, 1.165) is 22.2 Å². The van der Waals surface area contributed by atoms with Gasteiger partial charge >= 0.3 is 0 Å². The first-order valence-electron chi connectivity index (χ1n) is 11.2. The Kier molecular flexibility index (Phi) is 5.64. The quantitative estimate of drug-likeness (QED) is 0.543. The van der Waals surface area contributed by atoms with E-state index in [1.54, 1.807) is 0 Å². The zero-order valence-corrected chi connectivity index (χ0v) is 18.6. The van der Waals surface area contributed by atoms with Gasteiger partial charge in [0.2, 0.25) is 0 Å². The van der Waals surface area contributed by atoms with Gasteiger partial charge in [0.05, 0.1) is 24.4 Å². The van der Waals surface area contributed by atoms with E-state index in [4.69, 9.17) is 17.0 Å². The predicted molar refractivity (Wildman–Crippen MR) is 126 cm³/mol. The summed E-state index contributed by atoms with van der Waals surface area (Å²) in [5.74, 6) is 0.891. The van der Waals surface area contributed by atoms with Gasteiger partial charge in [0, 0.05) is 29.8 Å². The van der Waals surface area contributed by atoms with Crippen molar-refractivity contribution >= 4 is 17.3 Å². The van der Waals surface area contributed by atoms with Crippen molar-refractivity contribution in [1.29, 1.82) is 0 Å². The number of hydrogen-bond acceptors (Lipinski definition) is 3. The number of benzene rings is 1. The molecule has 5 rings (SSSR count). The van der Waals surface area contributed by atoms with Crippen LogP contribution in [0.5, 0.6) is 5.75 Å². The van der Waals surface area contributed by atoms with E-state index in [1.807, 2.05) is 37.4 Å². The zero-order chi connectivity index (χ0) is 21.2. The first-order valence-corrected chi connectivity index (χ1v) is 11.6. The lowest BCUT2D eigenvalue weighted by atomic mass is 9.99. The molecule has 0 unspecified atom stereocenters. The highest BCUT2D eigenvalue weighted by Crippen LogP contribution is 2.43. The largest absolute Gasteiger partial charge is 0.494 e. The SMILES string of the molecule is CCOc1ccc(-n2cccc2[C@@H]2[C@H](c3ccccn3)NC(=S)N2C2CCCC2)cc1. The van der Waals surface area contributed by atoms with E-state index in [9.17, 15) is 0 Å². The lowest BCUT2D eigenvalue weighted by Gasteiger charge is -2.33. The maximum atomic E-state index is 5.87. The van der Waals surface area contributed by atoms with Crippen LogP contribution in [-0.2, 0) is 0 Å². The van der Waals surface area contributed by atoms with E-state index < -0.39 is 0 Å². The Morgan fingerprint density at radius 2 is 1.87 bits per heavy atom. The van der Waals surface area contributed by atoms with Crippen LogP contribution in [0.1, 0.15) is 56.1 Å². The topological polar surface area (TPSA) is 42.3 Å². The van der Waals surface area contributed by atoms with Gasteiger partial charge in [-0.1, -0.05) is 18.9 Å². The smallest absolute Gasteiger partial charge is 0.170 e. The summed E-state index contributed by atoms with van der Waals surface area (Å²) in [6.07, 6.45) is 8.92. The molecule has 0 radical (unpaired) electrons. The highest BCUT2D eigenvalue weighted by Gasteiger charge is 2.44. The van der Waals surface area contributed by atoms with Crippen molar-refractivity contribution in [2.24, 2.45) is 0 Å². The molecule has 1 N–H and O–H groups in total. The summed E-state index contributed by atoms with van der Waals surface area (Å²) in [4.78, 5) is 7.12. The van der Waals surface area contributed by atoms with Gasteiger partial charge in [0.15, 0.2) is 5.11 Å². The van der Waals surface area contributed by atoms with Crippen LogP contribution in [0, 0.1) is 0 Å². The molecule has 1 saturated heterocycles. The average Bonchev–Trinajstić information content (AvgIpc) is 3.54. The van der Waals surface area contributed by atoms with E-state index in [1.165, 1.54) is 31.4 Å². The zero-order valence-electron chi connectivity index (χ0n) is 17.8. The summed E-state index contributed by atoms with van der Waals surface area (Å²) in [7, 11) is 0. The van der Waals surface area contributed by atoms with Crippen molar-refractivity contribution in [3.63, 3.8) is 0 Å². The molecule has 2 fully saturated rings. The Balaban J connectivity index is 1.56. The normalized spacial score (nSPS) is 21.5. The third kappa shape index (κ3) is 3.81. The van der Waals surface area contributed by atoms with Crippen LogP contribution < -0.4 is 10.1 Å². The van der Waals surface area contributed by atoms with Gasteiger partial charge in [0.1, 0.15) is 5.75 Å². The van der Waals surface area contributed by atoms with Crippen LogP contribution in [0.4, 0.5) is 0 Å². The molecule has 1 aromatic carbocycles. The number of thiocarbonyl (C=S) groups is 1. The minimum absolute atomic E-state index is 0.0191. The predicted octanol–water partition coefficient (Wildman–Crippen LogP) is 5.19. The fourth-order valence-electron chi connectivity index (χ4n) is 5.00. The number of hydrogen-bond donors (Lipinski definition) is 1. The first-order chi connectivity index (χ1) is 15.3. The van der Waals surface area contributed by atoms with Gasteiger partial charge in [0.25, 0.3) is 0 Å². The molecule has 2 aromatic heterocycles. The minimum Gasteiger partial charge on any atom is -0.494 e. The van der Waals surface area contributed by atoms with Gasteiger partial charge in [-0.05, 0) is 80.5 Å². The van der Waals surface area contributed by atoms with E-state index in [-0.39, 0.29) is 12.1 Å². The molecular formula is C25H28N4OS. The number of ether oxygens (including phenoxy) is 1. The van der Waals surface area contributed by atoms with Crippen molar-refractivity contribution in [3.05, 3.63) is 78.4 Å². The molecule has 2 atom stereocenters. The second kappa shape index (κ2) is 8.71. The molecule has 6 heteroatoms. The first kappa shape index (κ1) is 20.1. The molecule has 3 heterocycles. The fourth-order valence-corrected chi connectivity index (χ4v) is 5.39. The van der Waals surface area contributed by atoms with E-state index in [0.29, 0.717) is 12.6 Å². The molecule has 5 nitrogen and oxygen atoms in total. The molecule has 31 heavy (non-hydrogen) atoms. The Morgan fingerprint density at radius 3 is 2.58 bits per heavy atom. The number of nitrogens with zero attached hydrogens (tertiary/aromatic N) is 3. The van der Waals surface area contributed by atoms with Gasteiger partial charge in [-0.2, -0.15) is 0 Å². The van der Waals surface area contributed by atoms with Crippen molar-refractivity contribution in [2.45, 2.75) is 50.7 Å². The Hall–Kier alpha value is -2.86. The molecule has 1 saturated carbocycles. The summed E-state index contributed by atoms with van der Waals surface area (Å²) in [5, 5.41) is 4.44. The van der Waals surface area contributed by atoms with Crippen molar-refractivity contribution in [2.75, 3.05) is 6.61 Å². The van der Waals surface area contributed by atoms with Crippen molar-refractivity contribution in [3.8, 4) is 11.4 Å². The second-order valence-corrected chi connectivity index (χ2v) is 8.59. The highest BCUT2D eigenvalue weighted by atomic mass is 32.1. The maximum Gasteiger partial charge on any atom is 0.170 e. The van der Waals surface area contributed by atoms with E-state index in [2.05, 4.69) is 56.3 Å². The standard InChI is InChI=1S/C25H28N4OS/c1-2-30-20-14-12-18(13-15-20)28-17-7-11-22(28)24-23(21-10-5-6-16-26-21)27-25(31)29(24)19-8-3-4-9-19/h5-7,10-17,19,23-24H,2-4,8-9H2,1H3,(H,27,31)/t23-,24+/m0/s1. The lowest BCUT2D eigenvalue weighted by molar-refractivity contribution is 0.239. The molecular weight excluding hydrogens is 404 g/mol. The summed E-state index contributed by atoms with van der Waals surface area (Å²) >= 11 is 5.87. The fraction of sp³-hybridized carbons (Fsp3) is 0.360. The Bertz CT molecular complexity index is 1030. The third-order valence-electron chi connectivity index (χ3n) is 6.36. The molecule has 160 valence electrons. The molecule has 3 aromatic rings. The Morgan fingerprint density at radius 1 is 1.06 bits per heavy atom. The van der Waals surface area contributed by atoms with Crippen LogP contribution >= 0.6 is 12.2 Å². The molecule has 1 aliphatic heterocycles. The maximum absolute atomic E-state index is 5.87. The number of aromatic nitrogens is 2. The summed E-state index contributed by atoms with van der Waals surface area (Å²) in [5.41, 5.74) is 3.36. The molecule has 0 amide bonds. The van der Waals surface area contributed by atoms with E-state index >= 15 is 0 Å². The highest BCUT2D eigenvalue weighted by molar-refractivity contribution is 7.80. The van der Waals surface area contributed by atoms with Crippen LogP contribution in [0.3, 0.4) is 0 Å². The summed E-state index contributed by atoms with van der Waals surface area (Å²) in [6, 6.07) is 19.3. The third-order valence-corrected chi connectivity index (χ3v) is 6.69. The minimum atomic E-state index is 0.0191. The average molecular weight is 433 g/mol. The van der Waals surface area contributed by atoms with Crippen LogP contribution in [0.2, 0.25) is 0 Å². The van der Waals surface area contributed by atoms with Gasteiger partial charge in [-0.3, -0.25) is 4.98 Å². The monoisotopic (exact) mass is 432 g/mol. The summed E-state index contributed by atoms with van der Waals surface area (Å²) in [6.45, 7) is 2.67. The molecule has 0 spiro atoms. The number of rotatable bonds is 6. The Labute approximate surface area is 189 Å². The second-order valence-electron chi connectivity index (χ2n) is 8.20. The molecule has 1 aliphatic carbocycles.